The van der Waals surface area contributed by atoms with Gasteiger partial charge in [0.15, 0.2) is 0 Å². The summed E-state index contributed by atoms with van der Waals surface area (Å²) in [6.45, 7) is 0. The van der Waals surface area contributed by atoms with Gasteiger partial charge in [-0.15, -0.1) is 47.9 Å². The number of hydrogen-bond acceptors (Lipinski definition) is 0. The quantitative estimate of drug-likeness (QED) is 0.510. The summed E-state index contributed by atoms with van der Waals surface area (Å²) in [7, 11) is 0. The van der Waals surface area contributed by atoms with Gasteiger partial charge in [0.25, 0.3) is 0 Å². The molecule has 0 heterocycles. The van der Waals surface area contributed by atoms with Crippen LogP contribution in [0.2, 0.25) is 0 Å². The minimum Gasteiger partial charge on any atom is -0.136 e. The van der Waals surface area contributed by atoms with E-state index in [1.54, 1.807) is 0 Å². The molecule has 0 aliphatic heterocycles. The Morgan fingerprint density at radius 2 is 2.17 bits per heavy atom. The van der Waals surface area contributed by atoms with E-state index in [-0.39, 0.29) is 0 Å². The van der Waals surface area contributed by atoms with E-state index in [1.807, 2.05) is 0 Å². The van der Waals surface area contributed by atoms with Gasteiger partial charge < -0.3 is 0 Å². The van der Waals surface area contributed by atoms with Gasteiger partial charge in [-0.05, 0) is 6.42 Å². The molecule has 1 aliphatic carbocycles. The van der Waals surface area contributed by atoms with E-state index in [0.29, 0.717) is 0 Å². The smallest absolute Gasteiger partial charge is 0.0382 e. The highest BCUT2D eigenvalue weighted by Crippen LogP contribution is 2.28. The molecule has 12 heavy (non-hydrogen) atoms. The zero-order valence-corrected chi connectivity index (χ0v) is 6.75. The molecule has 2 aromatic carbocycles. The number of hydrogen-bond donors (Lipinski definition) is 0. The van der Waals surface area contributed by atoms with Crippen molar-refractivity contribution < 1.29 is 0 Å². The van der Waals surface area contributed by atoms with Crippen LogP contribution in [0, 0.1) is 0 Å². The van der Waals surface area contributed by atoms with Gasteiger partial charge in [0.05, 0.1) is 0 Å². The van der Waals surface area contributed by atoms with Crippen molar-refractivity contribution in [3.05, 3.63) is 47.5 Å². The molecule has 0 saturated carbocycles. The van der Waals surface area contributed by atoms with E-state index >= 15 is 0 Å². The Morgan fingerprint density at radius 1 is 1.17 bits per heavy atom. The summed E-state index contributed by atoms with van der Waals surface area (Å²) in [5.74, 6) is 0. The Morgan fingerprint density at radius 3 is 3.17 bits per heavy atom. The second-order valence-corrected chi connectivity index (χ2v) is 3.27. The van der Waals surface area contributed by atoms with Crippen molar-refractivity contribution in [1.82, 2.24) is 0 Å². The molecule has 0 amide bonds. The molecule has 58 valence electrons. The second-order valence-electron chi connectivity index (χ2n) is 3.27. The summed E-state index contributed by atoms with van der Waals surface area (Å²) < 4.78 is 0. The first-order chi connectivity index (χ1) is 5.95. The van der Waals surface area contributed by atoms with Crippen LogP contribution < -0.4 is 0 Å². The highest BCUT2D eigenvalue weighted by atomic mass is 14.1. The van der Waals surface area contributed by atoms with Crippen molar-refractivity contribution in [2.75, 3.05) is 0 Å². The van der Waals surface area contributed by atoms with E-state index in [9.17, 15) is 0 Å². The predicted octanol–water partition coefficient (Wildman–Crippen LogP) is 3.13. The molecule has 0 spiro atoms. The van der Waals surface area contributed by atoms with Crippen LogP contribution in [0.25, 0.3) is 16.8 Å². The lowest BCUT2D eigenvalue weighted by Crippen LogP contribution is -1.80. The van der Waals surface area contributed by atoms with Crippen molar-refractivity contribution in [1.29, 1.82) is 0 Å². The molecule has 3 rings (SSSR count). The highest BCUT2D eigenvalue weighted by Gasteiger charge is 2.01. The predicted molar refractivity (Wildman–Crippen MR) is 52.3 cm³/mol. The molecular formula is C12H9-. The lowest BCUT2D eigenvalue weighted by atomic mass is 10.1. The first-order valence-corrected chi connectivity index (χ1v) is 4.29. The lowest BCUT2D eigenvalue weighted by Gasteiger charge is -2.06. The first-order valence-electron chi connectivity index (χ1n) is 4.29. The second kappa shape index (κ2) is 2.04. The van der Waals surface area contributed by atoms with Crippen LogP contribution in [0.1, 0.15) is 11.1 Å². The standard InChI is InChI=1S/C12H9/c1-3-9-7-8-10-4-2-6-12(10)11(9)5-1/h1-3,5-8H,4H2/q-1. The van der Waals surface area contributed by atoms with Gasteiger partial charge in [0, 0.05) is 0 Å². The fourth-order valence-corrected chi connectivity index (χ4v) is 1.96. The molecule has 0 saturated heterocycles. The first kappa shape index (κ1) is 6.13. The van der Waals surface area contributed by atoms with Gasteiger partial charge in [-0.2, -0.15) is 0 Å². The Bertz CT molecular complexity index is 458. The number of benzene rings is 1. The molecule has 0 nitrogen and oxygen atoms in total. The van der Waals surface area contributed by atoms with E-state index in [0.717, 1.165) is 6.42 Å². The minimum atomic E-state index is 1.11. The molecule has 2 aromatic rings. The highest BCUT2D eigenvalue weighted by molar-refractivity contribution is 5.94. The van der Waals surface area contributed by atoms with Gasteiger partial charge in [-0.3, -0.25) is 0 Å². The zero-order valence-electron chi connectivity index (χ0n) is 6.75. The number of allylic oxidation sites excluding steroid dienone is 1. The fraction of sp³-hybridized carbons (Fsp3) is 0.0833. The molecule has 0 N–H and O–H groups in total. The van der Waals surface area contributed by atoms with Gasteiger partial charge in [0.1, 0.15) is 0 Å². The fourth-order valence-electron chi connectivity index (χ4n) is 1.96. The van der Waals surface area contributed by atoms with E-state index < -0.39 is 0 Å². The molecule has 0 atom stereocenters. The number of fused-ring (bicyclic) bond motifs is 3. The topological polar surface area (TPSA) is 0 Å². The molecular weight excluding hydrogens is 144 g/mol. The maximum Gasteiger partial charge on any atom is -0.0382 e. The van der Waals surface area contributed by atoms with Gasteiger partial charge in [-0.25, -0.2) is 0 Å². The SMILES string of the molecule is C1=Cc2c(ccc3ccc[c-]23)C1. The molecule has 0 fully saturated rings. The average Bonchev–Trinajstić information content (AvgIpc) is 2.71. The molecule has 0 unspecified atom stereocenters. The van der Waals surface area contributed by atoms with Crippen molar-refractivity contribution in [3.63, 3.8) is 0 Å². The maximum absolute atomic E-state index is 2.23. The van der Waals surface area contributed by atoms with E-state index in [2.05, 4.69) is 42.5 Å². The van der Waals surface area contributed by atoms with Crippen molar-refractivity contribution >= 4 is 16.8 Å². The lowest BCUT2D eigenvalue weighted by molar-refractivity contribution is 1.32. The Kier molecular flexibility index (Phi) is 1.04. The summed E-state index contributed by atoms with van der Waals surface area (Å²) in [5.41, 5.74) is 2.89. The summed E-state index contributed by atoms with van der Waals surface area (Å²) in [4.78, 5) is 0. The minimum absolute atomic E-state index is 1.11. The Labute approximate surface area is 71.5 Å². The molecule has 0 bridgehead atoms. The maximum atomic E-state index is 2.23. The Balaban J connectivity index is 2.52. The Hall–Kier alpha value is -1.43. The van der Waals surface area contributed by atoms with Crippen LogP contribution in [0.3, 0.4) is 0 Å². The normalized spacial score (nSPS) is 14.0. The summed E-state index contributed by atoms with van der Waals surface area (Å²) in [5, 5.41) is 2.77. The van der Waals surface area contributed by atoms with Gasteiger partial charge in [0.2, 0.25) is 0 Å². The summed E-state index contributed by atoms with van der Waals surface area (Å²) >= 11 is 0. The van der Waals surface area contributed by atoms with Crippen LogP contribution in [-0.2, 0) is 6.42 Å². The number of rotatable bonds is 0. The molecule has 0 heteroatoms. The molecule has 0 radical (unpaired) electrons. The van der Waals surface area contributed by atoms with E-state index in [1.165, 1.54) is 21.9 Å². The summed E-state index contributed by atoms with van der Waals surface area (Å²) in [6, 6.07) is 10.9. The van der Waals surface area contributed by atoms with Gasteiger partial charge >= 0.3 is 0 Å². The van der Waals surface area contributed by atoms with E-state index in [4.69, 9.17) is 0 Å². The van der Waals surface area contributed by atoms with Gasteiger partial charge in [-0.1, -0.05) is 16.5 Å². The van der Waals surface area contributed by atoms with Crippen LogP contribution in [-0.4, -0.2) is 0 Å². The third-order valence-corrected chi connectivity index (χ3v) is 2.57. The van der Waals surface area contributed by atoms with Crippen LogP contribution in [0.5, 0.6) is 0 Å². The van der Waals surface area contributed by atoms with Crippen LogP contribution in [0.4, 0.5) is 0 Å². The average molecular weight is 153 g/mol. The van der Waals surface area contributed by atoms with Crippen molar-refractivity contribution in [2.45, 2.75) is 6.42 Å². The monoisotopic (exact) mass is 153 g/mol. The summed E-state index contributed by atoms with van der Waals surface area (Å²) in [6.07, 6.45) is 5.57. The largest absolute Gasteiger partial charge is 0.136 e. The molecule has 0 aromatic heterocycles. The zero-order chi connectivity index (χ0) is 7.97. The van der Waals surface area contributed by atoms with Crippen molar-refractivity contribution in [2.24, 2.45) is 0 Å². The van der Waals surface area contributed by atoms with Crippen LogP contribution in [0.15, 0.2) is 36.4 Å². The molecule has 1 aliphatic rings. The third-order valence-electron chi connectivity index (χ3n) is 2.57. The third kappa shape index (κ3) is 0.646. The van der Waals surface area contributed by atoms with Crippen LogP contribution >= 0.6 is 0 Å². The van der Waals surface area contributed by atoms with Crippen molar-refractivity contribution in [3.8, 4) is 0 Å².